The lowest BCUT2D eigenvalue weighted by Gasteiger charge is -2.41. The molecular weight excluding hydrogens is 825 g/mol. The van der Waals surface area contributed by atoms with E-state index in [1.165, 1.54) is 28.4 Å². The van der Waals surface area contributed by atoms with Gasteiger partial charge in [-0.3, -0.25) is 38.8 Å². The van der Waals surface area contributed by atoms with Gasteiger partial charge in [-0.05, 0) is 106 Å². The monoisotopic (exact) mass is 909 g/mol. The molecule has 64 heavy (non-hydrogen) atoms. The molecule has 1 aromatic rings. The van der Waals surface area contributed by atoms with Crippen LogP contribution in [-0.4, -0.2) is 192 Å². The summed E-state index contributed by atoms with van der Waals surface area (Å²) in [5.41, 5.74) is -0.551. The Labute approximate surface area is 384 Å². The molecule has 1 fully saturated rings. The molecule has 0 saturated carbocycles. The number of aryl methyl sites for hydroxylation is 1. The third kappa shape index (κ3) is 21.3. The van der Waals surface area contributed by atoms with Crippen molar-refractivity contribution in [3.05, 3.63) is 29.8 Å². The van der Waals surface area contributed by atoms with Crippen LogP contribution < -0.4 is 4.74 Å². The first-order valence-corrected chi connectivity index (χ1v) is 23.0. The van der Waals surface area contributed by atoms with Gasteiger partial charge in [0.1, 0.15) is 29.9 Å². The Balaban J connectivity index is 2.71. The van der Waals surface area contributed by atoms with Crippen molar-refractivity contribution in [1.82, 2.24) is 19.6 Å². The lowest BCUT2D eigenvalue weighted by atomic mass is 10.0. The maximum absolute atomic E-state index is 13.9. The summed E-state index contributed by atoms with van der Waals surface area (Å²) in [5.74, 6) is -0.965. The highest BCUT2D eigenvalue weighted by atomic mass is 16.5. The minimum atomic E-state index is -0.815. The average molecular weight is 909 g/mol. The Morgan fingerprint density at radius 1 is 0.531 bits per heavy atom. The summed E-state index contributed by atoms with van der Waals surface area (Å²) in [6.45, 7) is 22.8. The molecule has 0 bridgehead atoms. The van der Waals surface area contributed by atoms with Gasteiger partial charge in [0.05, 0.1) is 71.7 Å². The van der Waals surface area contributed by atoms with Crippen molar-refractivity contribution >= 4 is 23.9 Å². The first-order chi connectivity index (χ1) is 30.1. The van der Waals surface area contributed by atoms with E-state index in [0.717, 1.165) is 24.2 Å². The van der Waals surface area contributed by atoms with Crippen molar-refractivity contribution in [2.24, 2.45) is 0 Å². The van der Waals surface area contributed by atoms with Crippen LogP contribution in [0.2, 0.25) is 0 Å². The largest absolute Gasteiger partial charge is 0.494 e. The fourth-order valence-corrected chi connectivity index (χ4v) is 7.29. The zero-order valence-electron chi connectivity index (χ0n) is 41.8. The molecule has 0 aliphatic carbocycles. The summed E-state index contributed by atoms with van der Waals surface area (Å²) in [5, 5.41) is 0. The molecule has 0 amide bonds. The zero-order valence-corrected chi connectivity index (χ0v) is 41.8. The predicted molar refractivity (Wildman–Crippen MR) is 246 cm³/mol. The van der Waals surface area contributed by atoms with Gasteiger partial charge < -0.3 is 37.9 Å². The number of hydrogen-bond donors (Lipinski definition) is 0. The summed E-state index contributed by atoms with van der Waals surface area (Å²) in [6, 6.07) is 4.98. The maximum atomic E-state index is 13.9. The molecule has 0 N–H and O–H groups in total. The summed E-state index contributed by atoms with van der Waals surface area (Å²) in [4.78, 5) is 62.9. The third-order valence-electron chi connectivity index (χ3n) is 11.0. The van der Waals surface area contributed by atoms with E-state index in [0.29, 0.717) is 78.2 Å². The van der Waals surface area contributed by atoms with Crippen molar-refractivity contribution < 1.29 is 57.1 Å². The number of ether oxygens (including phenoxy) is 8. The van der Waals surface area contributed by atoms with Crippen LogP contribution in [0.5, 0.6) is 5.75 Å². The number of carbonyl (C=O) groups is 4. The number of unbranched alkanes of at least 4 members (excludes halogenated alkanes) is 1. The number of rotatable bonds is 22. The Morgan fingerprint density at radius 3 is 1.20 bits per heavy atom. The fraction of sp³-hybridized carbons (Fsp3) is 0.792. The molecule has 1 aliphatic rings. The van der Waals surface area contributed by atoms with E-state index in [4.69, 9.17) is 37.9 Å². The van der Waals surface area contributed by atoms with E-state index in [1.54, 1.807) is 0 Å². The SMILES string of the molecule is CCCCOc1cccc(CCC[C@@H](C(=O)OC)N2CCN([C@@H](COC(C)(C)C)C(=O)OC)CCN([C@@H](COC(C)(C)C)C(=O)OC)CCN([C@@H](COC(C)(C)C)C(=O)OC)CC2)c1. The average Bonchev–Trinajstić information content (AvgIpc) is 3.23. The molecule has 2 rings (SSSR count). The second kappa shape index (κ2) is 27.9. The molecular formula is C48H84N4O12. The molecule has 1 aromatic carbocycles. The lowest BCUT2D eigenvalue weighted by molar-refractivity contribution is -0.157. The van der Waals surface area contributed by atoms with Gasteiger partial charge in [-0.15, -0.1) is 0 Å². The van der Waals surface area contributed by atoms with Gasteiger partial charge in [0.15, 0.2) is 0 Å². The Kier molecular flexibility index (Phi) is 24.8. The van der Waals surface area contributed by atoms with Crippen LogP contribution in [0.4, 0.5) is 0 Å². The number of methoxy groups -OCH3 is 4. The molecule has 0 unspecified atom stereocenters. The number of nitrogens with zero attached hydrogens (tertiary/aromatic N) is 4. The van der Waals surface area contributed by atoms with Gasteiger partial charge in [0.25, 0.3) is 0 Å². The van der Waals surface area contributed by atoms with Crippen molar-refractivity contribution in [2.75, 3.05) is 107 Å². The zero-order chi connectivity index (χ0) is 48.1. The highest BCUT2D eigenvalue weighted by Crippen LogP contribution is 2.21. The molecule has 368 valence electrons. The predicted octanol–water partition coefficient (Wildman–Crippen LogP) is 5.02. The summed E-state index contributed by atoms with van der Waals surface area (Å²) in [6.07, 6.45) is 3.89. The van der Waals surface area contributed by atoms with E-state index in [9.17, 15) is 19.2 Å². The highest BCUT2D eigenvalue weighted by Gasteiger charge is 2.37. The van der Waals surface area contributed by atoms with Crippen molar-refractivity contribution in [2.45, 2.75) is 142 Å². The summed E-state index contributed by atoms with van der Waals surface area (Å²) in [7, 11) is 5.46. The molecule has 1 saturated heterocycles. The summed E-state index contributed by atoms with van der Waals surface area (Å²) < 4.78 is 46.1. The van der Waals surface area contributed by atoms with E-state index < -0.39 is 58.9 Å². The number of esters is 4. The lowest BCUT2D eigenvalue weighted by Crippen LogP contribution is -2.58. The molecule has 16 heteroatoms. The maximum Gasteiger partial charge on any atom is 0.325 e. The van der Waals surface area contributed by atoms with Gasteiger partial charge in [-0.2, -0.15) is 0 Å². The molecule has 16 nitrogen and oxygen atoms in total. The molecule has 4 atom stereocenters. The first-order valence-electron chi connectivity index (χ1n) is 23.0. The van der Waals surface area contributed by atoms with E-state index in [1.807, 2.05) is 89.1 Å². The van der Waals surface area contributed by atoms with Gasteiger partial charge in [0.2, 0.25) is 0 Å². The fourth-order valence-electron chi connectivity index (χ4n) is 7.29. The molecule has 0 aromatic heterocycles. The van der Waals surface area contributed by atoms with Crippen LogP contribution in [-0.2, 0) is 58.8 Å². The van der Waals surface area contributed by atoms with Crippen molar-refractivity contribution in [1.29, 1.82) is 0 Å². The number of benzene rings is 1. The Morgan fingerprint density at radius 2 is 0.875 bits per heavy atom. The van der Waals surface area contributed by atoms with Crippen LogP contribution in [0.1, 0.15) is 100 Å². The van der Waals surface area contributed by atoms with Gasteiger partial charge >= 0.3 is 23.9 Å². The third-order valence-corrected chi connectivity index (χ3v) is 11.0. The standard InChI is InChI=1S/C48H84N4O12/c1-15-16-31-61-37-21-17-19-36(32-37)20-18-22-38(42(53)57-11)49-23-25-50(39(43(54)58-12)33-62-46(2,3)4)27-29-52(41(45(56)60-14)35-64-48(8,9)10)30-28-51(26-24-49)40(44(55)59-13)34-63-47(5,6)7/h17,19,21,32,38-41H,15-16,18,20,22-31,33-35H2,1-14H3/t38-,39-,40-,41-/m0/s1. The molecule has 1 aliphatic heterocycles. The van der Waals surface area contributed by atoms with Crippen LogP contribution in [0.3, 0.4) is 0 Å². The van der Waals surface area contributed by atoms with E-state index in [2.05, 4.69) is 24.0 Å². The normalized spacial score (nSPS) is 17.8. The van der Waals surface area contributed by atoms with E-state index in [-0.39, 0.29) is 25.8 Å². The minimum absolute atomic E-state index is 0.0437. The van der Waals surface area contributed by atoms with Crippen molar-refractivity contribution in [3.8, 4) is 5.75 Å². The van der Waals surface area contributed by atoms with Crippen molar-refractivity contribution in [3.63, 3.8) is 0 Å². The second-order valence-electron chi connectivity index (χ2n) is 19.3. The smallest absolute Gasteiger partial charge is 0.325 e. The second-order valence-corrected chi connectivity index (χ2v) is 19.3. The van der Waals surface area contributed by atoms with Gasteiger partial charge in [0, 0.05) is 52.4 Å². The van der Waals surface area contributed by atoms with E-state index >= 15 is 0 Å². The quantitative estimate of drug-likeness (QED) is 0.0868. The molecule has 0 radical (unpaired) electrons. The van der Waals surface area contributed by atoms with Crippen LogP contribution in [0.15, 0.2) is 24.3 Å². The summed E-state index contributed by atoms with van der Waals surface area (Å²) >= 11 is 0. The van der Waals surface area contributed by atoms with Gasteiger partial charge in [-0.25, -0.2) is 0 Å². The van der Waals surface area contributed by atoms with Crippen LogP contribution >= 0.6 is 0 Å². The topological polar surface area (TPSA) is 155 Å². The van der Waals surface area contributed by atoms with Gasteiger partial charge in [-0.1, -0.05) is 25.5 Å². The number of carbonyl (C=O) groups excluding carboxylic acids is 4. The Hall–Kier alpha value is -3.38. The highest BCUT2D eigenvalue weighted by molar-refractivity contribution is 5.77. The minimum Gasteiger partial charge on any atom is -0.494 e. The number of hydrogen-bond acceptors (Lipinski definition) is 16. The Bertz CT molecular complexity index is 1490. The molecule has 0 spiro atoms. The first kappa shape index (κ1) is 56.7. The molecule has 1 heterocycles. The van der Waals surface area contributed by atoms with Crippen LogP contribution in [0, 0.1) is 0 Å². The van der Waals surface area contributed by atoms with Crippen LogP contribution in [0.25, 0.3) is 0 Å².